The number of methoxy groups -OCH3 is 1. The van der Waals surface area contributed by atoms with Gasteiger partial charge in [0.05, 0.1) is 17.7 Å². The smallest absolute Gasteiger partial charge is 0.416 e. The predicted molar refractivity (Wildman–Crippen MR) is 91.2 cm³/mol. The molecule has 2 N–H and O–H groups in total. The number of rotatable bonds is 5. The fourth-order valence-electron chi connectivity index (χ4n) is 2.06. The van der Waals surface area contributed by atoms with Gasteiger partial charge in [-0.05, 0) is 49.4 Å². The minimum Gasteiger partial charge on any atom is -0.495 e. The third-order valence-electron chi connectivity index (χ3n) is 3.41. The third kappa shape index (κ3) is 5.03. The molecule has 0 spiro atoms. The first kappa shape index (κ1) is 18.9. The molecule has 2 rings (SSSR count). The summed E-state index contributed by atoms with van der Waals surface area (Å²) in [4.78, 5) is 12.2. The lowest BCUT2D eigenvalue weighted by atomic mass is 10.2. The Morgan fingerprint density at radius 1 is 1.12 bits per heavy atom. The second-order valence-electron chi connectivity index (χ2n) is 5.28. The molecule has 2 aromatic carbocycles. The van der Waals surface area contributed by atoms with Crippen LogP contribution in [-0.4, -0.2) is 19.1 Å². The Bertz CT molecular complexity index is 749. The van der Waals surface area contributed by atoms with Crippen LogP contribution in [0.2, 0.25) is 5.02 Å². The summed E-state index contributed by atoms with van der Waals surface area (Å²) in [6.07, 6.45) is -4.41. The highest BCUT2D eigenvalue weighted by molar-refractivity contribution is 6.32. The number of halogens is 4. The van der Waals surface area contributed by atoms with Crippen molar-refractivity contribution in [2.24, 2.45) is 0 Å². The van der Waals surface area contributed by atoms with E-state index in [0.717, 1.165) is 12.1 Å². The van der Waals surface area contributed by atoms with Crippen LogP contribution in [0.15, 0.2) is 42.5 Å². The maximum atomic E-state index is 12.5. The molecular formula is C17H16ClF3N2O2. The molecule has 1 amide bonds. The van der Waals surface area contributed by atoms with Crippen molar-refractivity contribution in [3.05, 3.63) is 53.1 Å². The molecule has 0 bridgehead atoms. The van der Waals surface area contributed by atoms with E-state index in [4.69, 9.17) is 16.3 Å². The number of carbonyl (C=O) groups is 1. The molecule has 1 atom stereocenters. The van der Waals surface area contributed by atoms with Gasteiger partial charge in [0.15, 0.2) is 0 Å². The van der Waals surface area contributed by atoms with Crippen molar-refractivity contribution in [2.75, 3.05) is 17.7 Å². The standard InChI is InChI=1S/C17H16ClF3N2O2/c1-10(22-13-7-8-15(25-2)14(18)9-13)16(24)23-12-5-3-11(4-6-12)17(19,20)21/h3-10,22H,1-2H3,(H,23,24)/t10-/m1/s1. The molecule has 0 fully saturated rings. The molecule has 134 valence electrons. The maximum Gasteiger partial charge on any atom is 0.416 e. The van der Waals surface area contributed by atoms with Gasteiger partial charge in [-0.2, -0.15) is 13.2 Å². The highest BCUT2D eigenvalue weighted by Gasteiger charge is 2.30. The summed E-state index contributed by atoms with van der Waals surface area (Å²) in [5.74, 6) is 0.112. The molecule has 25 heavy (non-hydrogen) atoms. The van der Waals surface area contributed by atoms with Crippen molar-refractivity contribution in [1.82, 2.24) is 0 Å². The van der Waals surface area contributed by atoms with Gasteiger partial charge in [-0.1, -0.05) is 11.6 Å². The van der Waals surface area contributed by atoms with Gasteiger partial charge in [-0.25, -0.2) is 0 Å². The summed E-state index contributed by atoms with van der Waals surface area (Å²) >= 11 is 6.02. The van der Waals surface area contributed by atoms with Gasteiger partial charge in [0, 0.05) is 11.4 Å². The topological polar surface area (TPSA) is 50.4 Å². The quantitative estimate of drug-likeness (QED) is 0.792. The van der Waals surface area contributed by atoms with Gasteiger partial charge in [-0.15, -0.1) is 0 Å². The molecule has 0 aliphatic heterocycles. The molecule has 0 unspecified atom stereocenters. The van der Waals surface area contributed by atoms with Crippen LogP contribution in [0, 0.1) is 0 Å². The van der Waals surface area contributed by atoms with Crippen LogP contribution in [0.1, 0.15) is 12.5 Å². The largest absolute Gasteiger partial charge is 0.495 e. The zero-order chi connectivity index (χ0) is 18.6. The minimum atomic E-state index is -4.41. The zero-order valence-corrected chi connectivity index (χ0v) is 14.2. The van der Waals surface area contributed by atoms with Gasteiger partial charge in [-0.3, -0.25) is 4.79 Å². The van der Waals surface area contributed by atoms with Crippen LogP contribution in [0.4, 0.5) is 24.5 Å². The van der Waals surface area contributed by atoms with Crippen LogP contribution in [0.5, 0.6) is 5.75 Å². The first-order valence-corrected chi connectivity index (χ1v) is 7.66. The lowest BCUT2D eigenvalue weighted by Crippen LogP contribution is -2.31. The van der Waals surface area contributed by atoms with Gasteiger partial charge in [0.2, 0.25) is 5.91 Å². The number of nitrogens with one attached hydrogen (secondary N) is 2. The Morgan fingerprint density at radius 2 is 1.72 bits per heavy atom. The second-order valence-corrected chi connectivity index (χ2v) is 5.69. The number of anilines is 2. The fraction of sp³-hybridized carbons (Fsp3) is 0.235. The van der Waals surface area contributed by atoms with E-state index < -0.39 is 23.7 Å². The van der Waals surface area contributed by atoms with Gasteiger partial charge in [0.1, 0.15) is 11.8 Å². The number of hydrogen-bond acceptors (Lipinski definition) is 3. The van der Waals surface area contributed by atoms with Crippen molar-refractivity contribution in [3.63, 3.8) is 0 Å². The SMILES string of the molecule is COc1ccc(N[C@H](C)C(=O)Nc2ccc(C(F)(F)F)cc2)cc1Cl. The van der Waals surface area contributed by atoms with E-state index in [1.165, 1.54) is 19.2 Å². The number of amides is 1. The average molecular weight is 373 g/mol. The molecular weight excluding hydrogens is 357 g/mol. The molecule has 4 nitrogen and oxygen atoms in total. The summed E-state index contributed by atoms with van der Waals surface area (Å²) in [7, 11) is 1.49. The van der Waals surface area contributed by atoms with E-state index >= 15 is 0 Å². The maximum absolute atomic E-state index is 12.5. The summed E-state index contributed by atoms with van der Waals surface area (Å²) in [6, 6.07) is 8.58. The average Bonchev–Trinajstić information content (AvgIpc) is 2.54. The number of ether oxygens (including phenoxy) is 1. The van der Waals surface area contributed by atoms with E-state index in [9.17, 15) is 18.0 Å². The van der Waals surface area contributed by atoms with Crippen LogP contribution in [0.25, 0.3) is 0 Å². The van der Waals surface area contributed by atoms with E-state index in [0.29, 0.717) is 16.5 Å². The Morgan fingerprint density at radius 3 is 2.24 bits per heavy atom. The van der Waals surface area contributed by atoms with Crippen LogP contribution in [0.3, 0.4) is 0 Å². The molecule has 0 radical (unpaired) electrons. The molecule has 0 heterocycles. The van der Waals surface area contributed by atoms with Crippen molar-refractivity contribution in [1.29, 1.82) is 0 Å². The number of hydrogen-bond donors (Lipinski definition) is 2. The fourth-order valence-corrected chi connectivity index (χ4v) is 2.32. The Balaban J connectivity index is 1.99. The Hall–Kier alpha value is -2.41. The molecule has 8 heteroatoms. The monoisotopic (exact) mass is 372 g/mol. The molecule has 0 aromatic heterocycles. The van der Waals surface area contributed by atoms with Gasteiger partial charge >= 0.3 is 6.18 Å². The van der Waals surface area contributed by atoms with Gasteiger partial charge in [0.25, 0.3) is 0 Å². The van der Waals surface area contributed by atoms with Crippen LogP contribution in [-0.2, 0) is 11.0 Å². The van der Waals surface area contributed by atoms with Crippen molar-refractivity contribution in [2.45, 2.75) is 19.1 Å². The highest BCUT2D eigenvalue weighted by Crippen LogP contribution is 2.30. The highest BCUT2D eigenvalue weighted by atomic mass is 35.5. The summed E-state index contributed by atoms with van der Waals surface area (Å²) < 4.78 is 42.6. The summed E-state index contributed by atoms with van der Waals surface area (Å²) in [5, 5.41) is 5.90. The van der Waals surface area contributed by atoms with E-state index in [1.54, 1.807) is 25.1 Å². The molecule has 2 aromatic rings. The first-order valence-electron chi connectivity index (χ1n) is 7.29. The third-order valence-corrected chi connectivity index (χ3v) is 3.70. The Labute approximate surface area is 147 Å². The van der Waals surface area contributed by atoms with E-state index in [2.05, 4.69) is 10.6 Å². The van der Waals surface area contributed by atoms with E-state index in [-0.39, 0.29) is 5.69 Å². The second kappa shape index (κ2) is 7.65. The van der Waals surface area contributed by atoms with Crippen molar-refractivity contribution < 1.29 is 22.7 Å². The predicted octanol–water partition coefficient (Wildman–Crippen LogP) is 4.81. The molecule has 0 aliphatic rings. The van der Waals surface area contributed by atoms with Gasteiger partial charge < -0.3 is 15.4 Å². The molecule has 0 saturated heterocycles. The molecule has 0 saturated carbocycles. The summed E-state index contributed by atoms with van der Waals surface area (Å²) in [6.45, 7) is 1.62. The van der Waals surface area contributed by atoms with Crippen molar-refractivity contribution in [3.8, 4) is 5.75 Å². The van der Waals surface area contributed by atoms with Crippen LogP contribution >= 0.6 is 11.6 Å². The van der Waals surface area contributed by atoms with Crippen LogP contribution < -0.4 is 15.4 Å². The lowest BCUT2D eigenvalue weighted by molar-refractivity contribution is -0.137. The Kier molecular flexibility index (Phi) is 5.79. The van der Waals surface area contributed by atoms with E-state index in [1.807, 2.05) is 0 Å². The van der Waals surface area contributed by atoms with Crippen molar-refractivity contribution >= 4 is 28.9 Å². The number of alkyl halides is 3. The number of benzene rings is 2. The number of carbonyl (C=O) groups excluding carboxylic acids is 1. The minimum absolute atomic E-state index is 0.277. The first-order chi connectivity index (χ1) is 11.7. The summed E-state index contributed by atoms with van der Waals surface area (Å²) in [5.41, 5.74) is 0.116. The zero-order valence-electron chi connectivity index (χ0n) is 13.4. The lowest BCUT2D eigenvalue weighted by Gasteiger charge is -2.16. The molecule has 0 aliphatic carbocycles. The normalized spacial score (nSPS) is 12.4.